The fourth-order valence-electron chi connectivity index (χ4n) is 4.92. The summed E-state index contributed by atoms with van der Waals surface area (Å²) in [6.45, 7) is 4.00. The summed E-state index contributed by atoms with van der Waals surface area (Å²) in [5, 5.41) is 11.9. The van der Waals surface area contributed by atoms with Crippen molar-refractivity contribution in [2.75, 3.05) is 23.9 Å². The van der Waals surface area contributed by atoms with Crippen molar-refractivity contribution in [2.24, 2.45) is 0 Å². The van der Waals surface area contributed by atoms with Gasteiger partial charge in [-0.05, 0) is 66.9 Å². The number of imidazole rings is 1. The Hall–Kier alpha value is -4.85. The summed E-state index contributed by atoms with van der Waals surface area (Å²) in [7, 11) is 3.86. The fourth-order valence-corrected chi connectivity index (χ4v) is 4.92. The molecule has 6 rings (SSSR count). The Balaban J connectivity index is 1.51. The molecule has 38 heavy (non-hydrogen) atoms. The molecular weight excluding hydrogens is 480 g/mol. The van der Waals surface area contributed by atoms with Gasteiger partial charge in [0.05, 0.1) is 22.6 Å². The Morgan fingerprint density at radius 1 is 1.03 bits per heavy atom. The van der Waals surface area contributed by atoms with Crippen molar-refractivity contribution in [1.29, 1.82) is 0 Å². The zero-order valence-corrected chi connectivity index (χ0v) is 21.4. The van der Waals surface area contributed by atoms with Crippen molar-refractivity contribution in [3.8, 4) is 0 Å². The number of H-pyrrole nitrogens is 1. The van der Waals surface area contributed by atoms with Crippen molar-refractivity contribution in [2.45, 2.75) is 19.9 Å². The number of carbonyl (C=O) groups is 2. The van der Waals surface area contributed by atoms with Crippen LogP contribution in [-0.4, -0.2) is 40.9 Å². The fraction of sp³-hybridized carbons (Fsp3) is 0.167. The number of benzene rings is 3. The lowest BCUT2D eigenvalue weighted by Crippen LogP contribution is -2.32. The summed E-state index contributed by atoms with van der Waals surface area (Å²) >= 11 is 0. The maximum Gasteiger partial charge on any atom is 0.296 e. The van der Waals surface area contributed by atoms with E-state index >= 15 is 0 Å². The maximum absolute atomic E-state index is 13.8. The number of hydrogen-bond acceptors (Lipinski definition) is 6. The Morgan fingerprint density at radius 2 is 1.74 bits per heavy atom. The van der Waals surface area contributed by atoms with Gasteiger partial charge in [0.1, 0.15) is 5.58 Å². The second kappa shape index (κ2) is 8.62. The van der Waals surface area contributed by atoms with Crippen LogP contribution in [0.25, 0.3) is 22.0 Å². The summed E-state index contributed by atoms with van der Waals surface area (Å²) in [4.78, 5) is 38.6. The summed E-state index contributed by atoms with van der Waals surface area (Å²) in [6.07, 6.45) is 0. The van der Waals surface area contributed by atoms with Gasteiger partial charge >= 0.3 is 0 Å². The average molecular weight is 507 g/mol. The first kappa shape index (κ1) is 23.5. The minimum Gasteiger partial charge on any atom is -0.503 e. The number of hydrogen-bond donors (Lipinski definition) is 2. The molecule has 2 aromatic heterocycles. The lowest BCUT2D eigenvalue weighted by molar-refractivity contribution is -0.117. The van der Waals surface area contributed by atoms with Crippen molar-refractivity contribution >= 4 is 45.3 Å². The molecule has 0 aliphatic carbocycles. The molecule has 3 aromatic carbocycles. The van der Waals surface area contributed by atoms with Crippen molar-refractivity contribution < 1.29 is 19.1 Å². The van der Waals surface area contributed by atoms with Gasteiger partial charge in [-0.3, -0.25) is 14.5 Å². The molecule has 8 heteroatoms. The number of furan rings is 1. The smallest absolute Gasteiger partial charge is 0.296 e. The van der Waals surface area contributed by atoms with Crippen LogP contribution in [0.2, 0.25) is 0 Å². The molecule has 1 aliphatic heterocycles. The van der Waals surface area contributed by atoms with Crippen LogP contribution in [0.4, 0.5) is 11.6 Å². The highest BCUT2D eigenvalue weighted by Gasteiger charge is 2.46. The van der Waals surface area contributed by atoms with Crippen molar-refractivity contribution in [3.05, 3.63) is 101 Å². The number of aromatic nitrogens is 2. The highest BCUT2D eigenvalue weighted by Crippen LogP contribution is 2.42. The molecule has 0 fully saturated rings. The van der Waals surface area contributed by atoms with Crippen LogP contribution in [0.15, 0.2) is 82.5 Å². The monoisotopic (exact) mass is 506 g/mol. The molecule has 5 aromatic rings. The zero-order chi connectivity index (χ0) is 26.7. The first-order valence-corrected chi connectivity index (χ1v) is 12.3. The lowest BCUT2D eigenvalue weighted by Gasteiger charge is -2.25. The van der Waals surface area contributed by atoms with E-state index in [0.29, 0.717) is 16.7 Å². The number of aromatic amines is 1. The van der Waals surface area contributed by atoms with Crippen LogP contribution >= 0.6 is 0 Å². The number of aryl methyl sites for hydroxylation is 2. The van der Waals surface area contributed by atoms with Gasteiger partial charge in [-0.1, -0.05) is 30.3 Å². The van der Waals surface area contributed by atoms with Crippen LogP contribution in [0.1, 0.15) is 33.3 Å². The molecule has 2 N–H and O–H groups in total. The standard InChI is InChI=1S/C30H26N4O4/c1-16-13-21-22(14-17(16)2)32-30(31-21)34-26(18-9-11-20(12-10-18)33(3)4)25(28(36)29(34)37)27(35)24-15-19-7-5-6-8-23(19)38-24/h5-15,26,36H,1-4H3,(H,31,32). The number of fused-ring (bicyclic) bond motifs is 2. The number of anilines is 2. The average Bonchev–Trinajstić information content (AvgIpc) is 3.58. The highest BCUT2D eigenvalue weighted by atomic mass is 16.3. The number of nitrogens with one attached hydrogen (secondary N) is 1. The molecular formula is C30H26N4O4. The second-order valence-electron chi connectivity index (χ2n) is 9.82. The molecule has 1 unspecified atom stereocenters. The van der Waals surface area contributed by atoms with Gasteiger partial charge in [0.25, 0.3) is 5.91 Å². The molecule has 0 radical (unpaired) electrons. The quantitative estimate of drug-likeness (QED) is 0.293. The largest absolute Gasteiger partial charge is 0.503 e. The molecule has 8 nitrogen and oxygen atoms in total. The third-order valence-electron chi connectivity index (χ3n) is 7.14. The number of para-hydroxylation sites is 1. The summed E-state index contributed by atoms with van der Waals surface area (Å²) in [5.41, 5.74) is 5.70. The Kier molecular flexibility index (Phi) is 5.34. The molecule has 0 saturated heterocycles. The number of aliphatic hydroxyl groups excluding tert-OH is 1. The van der Waals surface area contributed by atoms with E-state index in [-0.39, 0.29) is 17.3 Å². The van der Waals surface area contributed by atoms with E-state index in [9.17, 15) is 14.7 Å². The van der Waals surface area contributed by atoms with Crippen molar-refractivity contribution in [3.63, 3.8) is 0 Å². The van der Waals surface area contributed by atoms with E-state index in [2.05, 4.69) is 9.97 Å². The third kappa shape index (κ3) is 3.64. The van der Waals surface area contributed by atoms with E-state index in [1.807, 2.05) is 87.4 Å². The van der Waals surface area contributed by atoms with E-state index in [1.54, 1.807) is 12.1 Å². The molecule has 1 atom stereocenters. The first-order chi connectivity index (χ1) is 18.2. The molecule has 1 aliphatic rings. The summed E-state index contributed by atoms with van der Waals surface area (Å²) < 4.78 is 5.82. The SMILES string of the molecule is Cc1cc2nc(N3C(=O)C(O)=C(C(=O)c4cc5ccccc5o4)C3c3ccc(N(C)C)cc3)[nH]c2cc1C. The predicted octanol–water partition coefficient (Wildman–Crippen LogP) is 5.77. The van der Waals surface area contributed by atoms with Gasteiger partial charge < -0.3 is 19.4 Å². The maximum atomic E-state index is 13.8. The zero-order valence-electron chi connectivity index (χ0n) is 21.4. The molecule has 0 spiro atoms. The number of rotatable bonds is 5. The third-order valence-corrected chi connectivity index (χ3v) is 7.14. The minimum absolute atomic E-state index is 0.0492. The van der Waals surface area contributed by atoms with E-state index in [1.165, 1.54) is 4.90 Å². The molecule has 0 saturated carbocycles. The summed E-state index contributed by atoms with van der Waals surface area (Å²) in [6, 6.07) is 19.4. The van der Waals surface area contributed by atoms with Gasteiger partial charge in [-0.15, -0.1) is 0 Å². The van der Waals surface area contributed by atoms with E-state index in [4.69, 9.17) is 4.42 Å². The minimum atomic E-state index is -0.915. The van der Waals surface area contributed by atoms with Crippen LogP contribution in [0, 0.1) is 13.8 Å². The predicted molar refractivity (Wildman–Crippen MR) is 147 cm³/mol. The Labute approximate surface area is 218 Å². The number of nitrogens with zero attached hydrogens (tertiary/aromatic N) is 3. The number of ketones is 1. The van der Waals surface area contributed by atoms with Crippen LogP contribution < -0.4 is 9.80 Å². The highest BCUT2D eigenvalue weighted by molar-refractivity contribution is 6.20. The summed E-state index contributed by atoms with van der Waals surface area (Å²) in [5.74, 6) is -1.59. The molecule has 0 bridgehead atoms. The van der Waals surface area contributed by atoms with Crippen LogP contribution in [-0.2, 0) is 4.79 Å². The number of aliphatic hydroxyl groups is 1. The van der Waals surface area contributed by atoms with Gasteiger partial charge in [0.2, 0.25) is 11.7 Å². The topological polar surface area (TPSA) is 103 Å². The second-order valence-corrected chi connectivity index (χ2v) is 9.82. The normalized spacial score (nSPS) is 15.7. The Morgan fingerprint density at radius 3 is 2.45 bits per heavy atom. The number of amides is 1. The van der Waals surface area contributed by atoms with Gasteiger partial charge in [0.15, 0.2) is 11.5 Å². The van der Waals surface area contributed by atoms with Gasteiger partial charge in [-0.2, -0.15) is 0 Å². The molecule has 3 heterocycles. The van der Waals surface area contributed by atoms with Crippen molar-refractivity contribution in [1.82, 2.24) is 9.97 Å². The molecule has 190 valence electrons. The van der Waals surface area contributed by atoms with E-state index < -0.39 is 23.5 Å². The van der Waals surface area contributed by atoms with E-state index in [0.717, 1.165) is 27.7 Å². The lowest BCUT2D eigenvalue weighted by atomic mass is 9.95. The van der Waals surface area contributed by atoms with Crippen LogP contribution in [0.3, 0.4) is 0 Å². The molecule has 1 amide bonds. The van der Waals surface area contributed by atoms with Gasteiger partial charge in [-0.25, -0.2) is 4.98 Å². The Bertz CT molecular complexity index is 1700. The number of carbonyl (C=O) groups excluding carboxylic acids is 2. The van der Waals surface area contributed by atoms with Crippen LogP contribution in [0.5, 0.6) is 0 Å². The number of Topliss-reactive ketones (excluding diaryl/α,β-unsaturated/α-hetero) is 1. The first-order valence-electron chi connectivity index (χ1n) is 12.3. The van der Waals surface area contributed by atoms with Gasteiger partial charge in [0, 0.05) is 25.2 Å².